The molecule has 0 aliphatic heterocycles. The van der Waals surface area contributed by atoms with Gasteiger partial charge in [-0.15, -0.1) is 0 Å². The summed E-state index contributed by atoms with van der Waals surface area (Å²) in [5, 5.41) is 23.0. The lowest BCUT2D eigenvalue weighted by atomic mass is 9.87. The van der Waals surface area contributed by atoms with Crippen LogP contribution in [0.15, 0.2) is 546 Å². The van der Waals surface area contributed by atoms with Crippen LogP contribution in [0.5, 0.6) is 0 Å². The molecule has 0 saturated heterocycles. The lowest BCUT2D eigenvalue weighted by Gasteiger charge is -2.17. The predicted molar refractivity (Wildman–Crippen MR) is 605 cm³/mol. The van der Waals surface area contributed by atoms with Crippen LogP contribution in [0.25, 0.3) is 265 Å². The number of hydrogen-bond acceptors (Lipinski definition) is 6. The van der Waals surface area contributed by atoms with Crippen LogP contribution < -0.4 is 0 Å². The highest BCUT2D eigenvalue weighted by Gasteiger charge is 2.24. The summed E-state index contributed by atoms with van der Waals surface area (Å²) in [6, 6.07) is 194. The predicted octanol–water partition coefficient (Wildman–Crippen LogP) is 36.8. The minimum atomic E-state index is 0.643. The van der Waals surface area contributed by atoms with Gasteiger partial charge in [0, 0.05) is 44.5 Å². The Morgan fingerprint density at radius 1 is 0.0833 bits per heavy atom. The Balaban J connectivity index is 0.000000113. The van der Waals surface area contributed by atoms with Crippen molar-refractivity contribution in [3.63, 3.8) is 0 Å². The number of hydrogen-bond donors (Lipinski definition) is 0. The highest BCUT2D eigenvalue weighted by Crippen LogP contribution is 2.48. The van der Waals surface area contributed by atoms with Gasteiger partial charge in [-0.05, 0) is 211 Å². The molecule has 27 rings (SSSR count). The SMILES string of the molecule is c1ccc(-c2cc(-c3ccccc3)nc(-c3ccccc3-c3ccccc3-c3ccc4c5ccccc5c5ccccc5c4c3)n2)cc1.c1ccc(-c2cc(-c3ccccc3-c3ccccc3-c3ccc4c5ccccc5c5ccccc5c4c3)cc(-c3ccccc3)n2)cc1.c1ccc(-c2nc(-c3ccccc3)nc(-c3ccccc3-c3ccccc3-c3ccc4c5ccccc5c5ccccc5c4c3)n2)cc1. The van der Waals surface area contributed by atoms with Crippen molar-refractivity contribution >= 4 is 97.0 Å². The molecule has 3 aromatic heterocycles. The summed E-state index contributed by atoms with van der Waals surface area (Å²) in [5.74, 6) is 2.65. The second-order valence-electron chi connectivity index (χ2n) is 36.4. The zero-order valence-electron chi connectivity index (χ0n) is 78.6. The fraction of sp³-hybridized carbons (Fsp3) is 0. The fourth-order valence-corrected chi connectivity index (χ4v) is 21.1. The smallest absolute Gasteiger partial charge is 0.164 e. The molecule has 0 spiro atoms. The van der Waals surface area contributed by atoms with Crippen molar-refractivity contribution in [1.29, 1.82) is 0 Å². The van der Waals surface area contributed by atoms with Crippen molar-refractivity contribution in [1.82, 2.24) is 29.9 Å². The quantitative estimate of drug-likeness (QED) is 0.0952. The average Bonchev–Trinajstić information content (AvgIpc) is 0.742. The maximum atomic E-state index is 5.18. The number of benzene rings is 24. The van der Waals surface area contributed by atoms with Gasteiger partial charge in [-0.25, -0.2) is 29.9 Å². The molecule has 6 nitrogen and oxygen atoms in total. The van der Waals surface area contributed by atoms with Gasteiger partial charge in [0.1, 0.15) is 0 Å². The fourth-order valence-electron chi connectivity index (χ4n) is 21.1. The Labute approximate surface area is 835 Å². The molecule has 144 heavy (non-hydrogen) atoms. The van der Waals surface area contributed by atoms with Gasteiger partial charge in [-0.3, -0.25) is 0 Å². The van der Waals surface area contributed by atoms with E-state index >= 15 is 0 Å². The van der Waals surface area contributed by atoms with E-state index in [4.69, 9.17) is 29.9 Å². The molecule has 672 valence electrons. The maximum Gasteiger partial charge on any atom is 0.164 e. The summed E-state index contributed by atoms with van der Waals surface area (Å²) in [6.45, 7) is 0. The van der Waals surface area contributed by atoms with E-state index in [0.29, 0.717) is 23.3 Å². The largest absolute Gasteiger partial charge is 0.248 e. The van der Waals surface area contributed by atoms with Gasteiger partial charge in [0.15, 0.2) is 23.3 Å². The zero-order valence-corrected chi connectivity index (χ0v) is 78.6. The Hall–Kier alpha value is -19.1. The topological polar surface area (TPSA) is 77.3 Å². The summed E-state index contributed by atoms with van der Waals surface area (Å²) < 4.78 is 0. The molecule has 0 amide bonds. The van der Waals surface area contributed by atoms with Crippen LogP contribution in [0.1, 0.15) is 0 Å². The summed E-state index contributed by atoms with van der Waals surface area (Å²) in [7, 11) is 0. The van der Waals surface area contributed by atoms with Crippen LogP contribution in [0.3, 0.4) is 0 Å². The minimum absolute atomic E-state index is 0.643. The van der Waals surface area contributed by atoms with Gasteiger partial charge in [0.05, 0.1) is 22.8 Å². The lowest BCUT2D eigenvalue weighted by Crippen LogP contribution is -2.01. The van der Waals surface area contributed by atoms with E-state index in [1.807, 2.05) is 72.8 Å². The van der Waals surface area contributed by atoms with Gasteiger partial charge in [0.2, 0.25) is 0 Å². The molecule has 27 aromatic rings. The van der Waals surface area contributed by atoms with Crippen molar-refractivity contribution in [2.24, 2.45) is 0 Å². The minimum Gasteiger partial charge on any atom is -0.248 e. The van der Waals surface area contributed by atoms with Crippen LogP contribution >= 0.6 is 0 Å². The van der Waals surface area contributed by atoms with E-state index in [0.717, 1.165) is 101 Å². The summed E-state index contributed by atoms with van der Waals surface area (Å²) >= 11 is 0. The first-order valence-electron chi connectivity index (χ1n) is 49.0. The number of rotatable bonds is 15. The Morgan fingerprint density at radius 2 is 0.257 bits per heavy atom. The summed E-state index contributed by atoms with van der Waals surface area (Å²) in [5.41, 5.74) is 28.2. The van der Waals surface area contributed by atoms with E-state index in [-0.39, 0.29) is 0 Å². The van der Waals surface area contributed by atoms with Crippen LogP contribution in [0.2, 0.25) is 0 Å². The van der Waals surface area contributed by atoms with Crippen LogP contribution in [0, 0.1) is 0 Å². The number of aromatic nitrogens is 6. The third-order valence-electron chi connectivity index (χ3n) is 27.9. The molecule has 0 radical (unpaired) electrons. The molecule has 0 unspecified atom stereocenters. The van der Waals surface area contributed by atoms with Crippen molar-refractivity contribution in [3.8, 4) is 168 Å². The van der Waals surface area contributed by atoms with Crippen LogP contribution in [-0.4, -0.2) is 29.9 Å². The van der Waals surface area contributed by atoms with Gasteiger partial charge in [-0.1, -0.05) is 510 Å². The molecule has 0 aliphatic carbocycles. The second-order valence-corrected chi connectivity index (χ2v) is 36.4. The molecule has 3 heterocycles. The van der Waals surface area contributed by atoms with E-state index < -0.39 is 0 Å². The molecular weight excluding hydrogens is 1740 g/mol. The first-order valence-corrected chi connectivity index (χ1v) is 49.0. The average molecular weight is 1830 g/mol. The van der Waals surface area contributed by atoms with E-state index in [1.165, 1.54) is 141 Å². The van der Waals surface area contributed by atoms with Crippen molar-refractivity contribution in [3.05, 3.63) is 546 Å². The maximum absolute atomic E-state index is 5.18. The molecule has 0 fully saturated rings. The second kappa shape index (κ2) is 38.3. The van der Waals surface area contributed by atoms with Crippen LogP contribution in [-0.2, 0) is 0 Å². The number of pyridine rings is 1. The summed E-state index contributed by atoms with van der Waals surface area (Å²) in [6.07, 6.45) is 0. The lowest BCUT2D eigenvalue weighted by molar-refractivity contribution is 1.07. The van der Waals surface area contributed by atoms with Gasteiger partial charge >= 0.3 is 0 Å². The van der Waals surface area contributed by atoms with Crippen molar-refractivity contribution in [2.75, 3.05) is 0 Å². The molecule has 24 aromatic carbocycles. The molecule has 6 heteroatoms. The normalized spacial score (nSPS) is 11.3. The molecule has 0 saturated carbocycles. The molecule has 0 aliphatic rings. The number of fused-ring (bicyclic) bond motifs is 18. The Morgan fingerprint density at radius 3 is 0.514 bits per heavy atom. The van der Waals surface area contributed by atoms with Crippen LogP contribution in [0.4, 0.5) is 0 Å². The highest BCUT2D eigenvalue weighted by atomic mass is 15.0. The summed E-state index contributed by atoms with van der Waals surface area (Å²) in [4.78, 5) is 30.6. The standard InChI is InChI=1S/C47H31N.C46H30N2.C45H29N3/c1-3-15-32(16-4-1)46-30-35(31-47(48-46)33-17-5-2-6-18-33)37-20-8-10-22-39(37)38-21-9-7-19-36(38)34-27-28-44-42-25-12-11-23-40(42)41-24-13-14-26-43(41)45(44)29-34;1-3-15-31(16-4-1)44-30-45(32-17-5-2-6-18-32)48-46(47-44)42-26-14-13-24-39(42)35-20-8-7-19-34(35)33-27-28-41-38-23-10-9-21-36(38)37-22-11-12-25-40(37)43(41)29-33;1-3-15-30(16-4-1)43-46-44(31-17-5-2-6-18-31)48-45(47-43)41-26-14-13-24-38(41)34-20-8-7-19-33(34)32-27-28-40-37-23-10-9-21-35(37)36-22-11-12-25-39(36)42(40)29-32/h1-31H;1-30H;1-29H. The third kappa shape index (κ3) is 16.6. The Bertz CT molecular complexity index is 8410. The first-order chi connectivity index (χ1) is 71.4. The van der Waals surface area contributed by atoms with Crippen molar-refractivity contribution < 1.29 is 0 Å². The molecule has 0 N–H and O–H groups in total. The molecule has 0 atom stereocenters. The van der Waals surface area contributed by atoms with E-state index in [2.05, 4.69) is 473 Å². The third-order valence-corrected chi connectivity index (χ3v) is 27.9. The number of nitrogens with zero attached hydrogens (tertiary/aromatic N) is 6. The van der Waals surface area contributed by atoms with E-state index in [1.54, 1.807) is 0 Å². The highest BCUT2D eigenvalue weighted by molar-refractivity contribution is 6.29. The van der Waals surface area contributed by atoms with E-state index in [9.17, 15) is 0 Å². The van der Waals surface area contributed by atoms with Gasteiger partial charge in [-0.2, -0.15) is 0 Å². The van der Waals surface area contributed by atoms with Gasteiger partial charge in [0.25, 0.3) is 0 Å². The Kier molecular flexibility index (Phi) is 23.0. The molecular formula is C138H90N6. The first kappa shape index (κ1) is 86.4. The van der Waals surface area contributed by atoms with Crippen molar-refractivity contribution in [2.45, 2.75) is 0 Å². The monoisotopic (exact) mass is 1830 g/mol. The van der Waals surface area contributed by atoms with Gasteiger partial charge < -0.3 is 0 Å². The molecule has 0 bridgehead atoms. The zero-order chi connectivity index (χ0) is 95.6.